The summed E-state index contributed by atoms with van der Waals surface area (Å²) in [6, 6.07) is 10.5. The van der Waals surface area contributed by atoms with E-state index in [1.54, 1.807) is 0 Å². The van der Waals surface area contributed by atoms with Crippen molar-refractivity contribution in [1.82, 2.24) is 0 Å². The highest BCUT2D eigenvalue weighted by molar-refractivity contribution is 5.60. The summed E-state index contributed by atoms with van der Waals surface area (Å²) in [5.74, 6) is 1.38. The van der Waals surface area contributed by atoms with Crippen molar-refractivity contribution < 1.29 is 9.84 Å². The molecule has 0 fully saturated rings. The number of aromatic hydroxyl groups is 1. The van der Waals surface area contributed by atoms with Crippen LogP contribution in [0.25, 0.3) is 0 Å². The highest BCUT2D eigenvalue weighted by Gasteiger charge is 2.15. The van der Waals surface area contributed by atoms with Gasteiger partial charge in [-0.3, -0.25) is 0 Å². The molecule has 1 unspecified atom stereocenters. The number of nitrogens with one attached hydrogen (secondary N) is 1. The number of fused-ring (bicyclic) bond motifs is 1. The molecule has 1 aliphatic rings. The molecule has 21 heavy (non-hydrogen) atoms. The molecule has 0 saturated carbocycles. The summed E-state index contributed by atoms with van der Waals surface area (Å²) in [4.78, 5) is 0. The Morgan fingerprint density at radius 3 is 2.81 bits per heavy atom. The van der Waals surface area contributed by atoms with Crippen molar-refractivity contribution in [3.8, 4) is 11.5 Å². The average molecular weight is 283 g/mol. The average Bonchev–Trinajstić information content (AvgIpc) is 2.95. The second-order valence-electron chi connectivity index (χ2n) is 5.74. The maximum Gasteiger partial charge on any atom is 0.123 e. The van der Waals surface area contributed by atoms with Crippen molar-refractivity contribution in [2.24, 2.45) is 0 Å². The normalized spacial score (nSPS) is 14.4. The Labute approximate surface area is 125 Å². The molecule has 2 N–H and O–H groups in total. The number of anilines is 1. The lowest BCUT2D eigenvalue weighted by Gasteiger charge is -2.19. The Balaban J connectivity index is 1.83. The zero-order valence-electron chi connectivity index (χ0n) is 12.7. The van der Waals surface area contributed by atoms with Crippen LogP contribution in [0.2, 0.25) is 0 Å². The molecule has 3 nitrogen and oxygen atoms in total. The van der Waals surface area contributed by atoms with Gasteiger partial charge in [0, 0.05) is 23.7 Å². The Bertz CT molecular complexity index is 679. The van der Waals surface area contributed by atoms with Gasteiger partial charge >= 0.3 is 0 Å². The van der Waals surface area contributed by atoms with Crippen LogP contribution < -0.4 is 10.1 Å². The predicted molar refractivity (Wildman–Crippen MR) is 85.3 cm³/mol. The number of rotatable bonds is 3. The van der Waals surface area contributed by atoms with E-state index >= 15 is 0 Å². The van der Waals surface area contributed by atoms with Crippen molar-refractivity contribution in [3.05, 3.63) is 52.6 Å². The van der Waals surface area contributed by atoms with Gasteiger partial charge in [0.25, 0.3) is 0 Å². The molecule has 1 atom stereocenters. The van der Waals surface area contributed by atoms with E-state index in [0.29, 0.717) is 5.75 Å². The van der Waals surface area contributed by atoms with Gasteiger partial charge in [-0.25, -0.2) is 0 Å². The zero-order chi connectivity index (χ0) is 15.0. The van der Waals surface area contributed by atoms with Gasteiger partial charge in [0.1, 0.15) is 11.5 Å². The molecule has 3 rings (SSSR count). The van der Waals surface area contributed by atoms with E-state index in [2.05, 4.69) is 30.4 Å². The first kappa shape index (κ1) is 13.8. The largest absolute Gasteiger partial charge is 0.507 e. The van der Waals surface area contributed by atoms with Crippen LogP contribution in [-0.4, -0.2) is 11.7 Å². The lowest BCUT2D eigenvalue weighted by molar-refractivity contribution is 0.357. The second kappa shape index (κ2) is 5.32. The van der Waals surface area contributed by atoms with Gasteiger partial charge in [0.2, 0.25) is 0 Å². The summed E-state index contributed by atoms with van der Waals surface area (Å²) in [6.07, 6.45) is 0.986. The number of benzene rings is 2. The molecule has 1 aliphatic heterocycles. The third kappa shape index (κ3) is 2.56. The summed E-state index contributed by atoms with van der Waals surface area (Å²) in [5.41, 5.74) is 5.29. The van der Waals surface area contributed by atoms with Crippen molar-refractivity contribution in [1.29, 1.82) is 0 Å². The smallest absolute Gasteiger partial charge is 0.123 e. The van der Waals surface area contributed by atoms with E-state index in [9.17, 15) is 5.11 Å². The van der Waals surface area contributed by atoms with Crippen LogP contribution in [0.5, 0.6) is 11.5 Å². The van der Waals surface area contributed by atoms with Crippen LogP contribution in [0, 0.1) is 13.8 Å². The highest BCUT2D eigenvalue weighted by atomic mass is 16.5. The maximum absolute atomic E-state index is 10.0. The lowest BCUT2D eigenvalue weighted by atomic mass is 10.0. The number of phenolic OH excluding ortho intramolecular Hbond substituents is 1. The zero-order valence-corrected chi connectivity index (χ0v) is 12.7. The maximum atomic E-state index is 10.0. The molecule has 3 heteroatoms. The van der Waals surface area contributed by atoms with Gasteiger partial charge in [-0.1, -0.05) is 12.1 Å². The van der Waals surface area contributed by atoms with E-state index in [0.717, 1.165) is 35.6 Å². The minimum atomic E-state index is 0.178. The van der Waals surface area contributed by atoms with Crippen LogP contribution >= 0.6 is 0 Å². The number of aryl methyl sites for hydroxylation is 1. The van der Waals surface area contributed by atoms with Crippen LogP contribution in [0.4, 0.5) is 5.69 Å². The molecule has 1 heterocycles. The molecular formula is C18H21NO2. The molecular weight excluding hydrogens is 262 g/mol. The third-order valence-corrected chi connectivity index (χ3v) is 4.22. The van der Waals surface area contributed by atoms with Crippen molar-refractivity contribution in [2.45, 2.75) is 33.2 Å². The minimum Gasteiger partial charge on any atom is -0.507 e. The Morgan fingerprint density at radius 2 is 2.00 bits per heavy atom. The van der Waals surface area contributed by atoms with Crippen LogP contribution in [-0.2, 0) is 6.42 Å². The Hall–Kier alpha value is -2.16. The molecule has 0 saturated heterocycles. The van der Waals surface area contributed by atoms with Crippen LogP contribution in [0.1, 0.15) is 35.2 Å². The van der Waals surface area contributed by atoms with Crippen LogP contribution in [0.3, 0.4) is 0 Å². The van der Waals surface area contributed by atoms with Crippen molar-refractivity contribution in [3.63, 3.8) is 0 Å². The first-order valence-corrected chi connectivity index (χ1v) is 7.37. The fourth-order valence-corrected chi connectivity index (χ4v) is 2.78. The van der Waals surface area contributed by atoms with Gasteiger partial charge in [-0.2, -0.15) is 0 Å². The Morgan fingerprint density at radius 1 is 1.19 bits per heavy atom. The monoisotopic (exact) mass is 283 g/mol. The molecule has 110 valence electrons. The molecule has 0 radical (unpaired) electrons. The molecule has 0 aliphatic carbocycles. The fraction of sp³-hybridized carbons (Fsp3) is 0.333. The predicted octanol–water partition coefficient (Wildman–Crippen LogP) is 4.12. The number of hydrogen-bond donors (Lipinski definition) is 2. The molecule has 0 aromatic heterocycles. The SMILES string of the molecule is Cc1ccc(NC(C)c2ccc3c(c2)CCO3)c(C)c1O. The summed E-state index contributed by atoms with van der Waals surface area (Å²) in [7, 11) is 0. The third-order valence-electron chi connectivity index (χ3n) is 4.22. The molecule has 0 amide bonds. The Kier molecular flexibility index (Phi) is 3.50. The molecule has 0 spiro atoms. The number of ether oxygens (including phenoxy) is 1. The van der Waals surface area contributed by atoms with Gasteiger partial charge in [-0.15, -0.1) is 0 Å². The first-order valence-electron chi connectivity index (χ1n) is 7.37. The summed E-state index contributed by atoms with van der Waals surface area (Å²) < 4.78 is 5.55. The standard InChI is InChI=1S/C18H21NO2/c1-11-4-6-16(12(2)18(11)20)19-13(3)14-5-7-17-15(10-14)8-9-21-17/h4-7,10,13,19-20H,8-9H2,1-3H3. The van der Waals surface area contributed by atoms with E-state index < -0.39 is 0 Å². The summed E-state index contributed by atoms with van der Waals surface area (Å²) in [5, 5.41) is 13.5. The van der Waals surface area contributed by atoms with E-state index in [-0.39, 0.29) is 6.04 Å². The van der Waals surface area contributed by atoms with Gasteiger partial charge < -0.3 is 15.2 Å². The van der Waals surface area contributed by atoms with Gasteiger partial charge in [0.15, 0.2) is 0 Å². The van der Waals surface area contributed by atoms with E-state index in [1.807, 2.05) is 26.0 Å². The fourth-order valence-electron chi connectivity index (χ4n) is 2.78. The van der Waals surface area contributed by atoms with Gasteiger partial charge in [0.05, 0.1) is 6.61 Å². The van der Waals surface area contributed by atoms with Crippen molar-refractivity contribution >= 4 is 5.69 Å². The summed E-state index contributed by atoms with van der Waals surface area (Å²) in [6.45, 7) is 6.77. The first-order chi connectivity index (χ1) is 10.1. The quantitative estimate of drug-likeness (QED) is 0.890. The molecule has 2 aromatic rings. The molecule has 2 aromatic carbocycles. The lowest BCUT2D eigenvalue weighted by Crippen LogP contribution is -2.08. The molecule has 0 bridgehead atoms. The number of phenols is 1. The minimum absolute atomic E-state index is 0.178. The second-order valence-corrected chi connectivity index (χ2v) is 5.74. The topological polar surface area (TPSA) is 41.5 Å². The van der Waals surface area contributed by atoms with Crippen LogP contribution in [0.15, 0.2) is 30.3 Å². The van der Waals surface area contributed by atoms with E-state index in [1.165, 1.54) is 11.1 Å². The van der Waals surface area contributed by atoms with Crippen molar-refractivity contribution in [2.75, 3.05) is 11.9 Å². The van der Waals surface area contributed by atoms with E-state index in [4.69, 9.17) is 4.74 Å². The van der Waals surface area contributed by atoms with Gasteiger partial charge in [-0.05, 0) is 55.7 Å². The number of hydrogen-bond acceptors (Lipinski definition) is 3. The highest BCUT2D eigenvalue weighted by Crippen LogP contribution is 2.32. The summed E-state index contributed by atoms with van der Waals surface area (Å²) >= 11 is 0.